The van der Waals surface area contributed by atoms with E-state index in [0.717, 1.165) is 0 Å². The van der Waals surface area contributed by atoms with Gasteiger partial charge in [0.25, 0.3) is 0 Å². The fourth-order valence-electron chi connectivity index (χ4n) is 1.02. The molecule has 0 aromatic rings. The molecule has 4 heteroatoms. The van der Waals surface area contributed by atoms with Crippen molar-refractivity contribution in [1.82, 2.24) is 8.55 Å². The fourth-order valence-corrected chi connectivity index (χ4v) is 4.14. The van der Waals surface area contributed by atoms with Crippen LogP contribution in [0.5, 0.6) is 0 Å². The Morgan fingerprint density at radius 3 is 3.00 bits per heavy atom. The van der Waals surface area contributed by atoms with E-state index in [9.17, 15) is 0 Å². The molecule has 0 radical (unpaired) electrons. The molecule has 12 heavy (non-hydrogen) atoms. The second-order valence-corrected chi connectivity index (χ2v) is 5.92. The van der Waals surface area contributed by atoms with Crippen LogP contribution in [0.3, 0.4) is 0 Å². The first-order chi connectivity index (χ1) is 5.77. The van der Waals surface area contributed by atoms with Crippen LogP contribution in [0.2, 0.25) is 0 Å². The normalized spacial score (nSPS) is 10.5. The van der Waals surface area contributed by atoms with Gasteiger partial charge in [-0.1, -0.05) is 0 Å². The van der Waals surface area contributed by atoms with Crippen molar-refractivity contribution >= 4 is 23.3 Å². The van der Waals surface area contributed by atoms with Crippen molar-refractivity contribution in [2.24, 2.45) is 0 Å². The molecule has 62 valence electrons. The molecule has 2 aliphatic rings. The van der Waals surface area contributed by atoms with Gasteiger partial charge in [-0.2, -0.15) is 0 Å². The SMILES string of the molecule is C[N+](C)=c1ccc2n[se]sc-2c1. The third kappa shape index (κ3) is 1.38. The Balaban J connectivity index is 2.79. The van der Waals surface area contributed by atoms with Crippen LogP contribution in [0.1, 0.15) is 0 Å². The van der Waals surface area contributed by atoms with Crippen molar-refractivity contribution in [2.75, 3.05) is 14.1 Å². The van der Waals surface area contributed by atoms with E-state index in [4.69, 9.17) is 0 Å². The van der Waals surface area contributed by atoms with Gasteiger partial charge >= 0.3 is 80.1 Å². The van der Waals surface area contributed by atoms with Crippen LogP contribution in [0.25, 0.3) is 10.6 Å². The van der Waals surface area contributed by atoms with Crippen LogP contribution >= 0.6 is 9.72 Å². The van der Waals surface area contributed by atoms with Crippen LogP contribution in [0.15, 0.2) is 18.2 Å². The average Bonchev–Trinajstić information content (AvgIpc) is 2.49. The van der Waals surface area contributed by atoms with E-state index in [-0.39, 0.29) is 0 Å². The molecule has 0 N–H and O–H groups in total. The number of nitrogens with zero attached hydrogens (tertiary/aromatic N) is 2. The molecule has 0 saturated heterocycles. The molecule has 0 aromatic carbocycles. The summed E-state index contributed by atoms with van der Waals surface area (Å²) in [7, 11) is 5.99. The third-order valence-corrected chi connectivity index (χ3v) is 4.86. The predicted molar refractivity (Wildman–Crippen MR) is 52.8 cm³/mol. The van der Waals surface area contributed by atoms with Gasteiger partial charge in [0.1, 0.15) is 0 Å². The number of rotatable bonds is 0. The Morgan fingerprint density at radius 1 is 1.42 bits per heavy atom. The first-order valence-corrected chi connectivity index (χ1v) is 7.24. The topological polar surface area (TPSA) is 15.9 Å². The van der Waals surface area contributed by atoms with Gasteiger partial charge in [0.05, 0.1) is 0 Å². The molecular formula is C8H9N2SSe+. The summed E-state index contributed by atoms with van der Waals surface area (Å²) in [6.45, 7) is 0. The molecular weight excluding hydrogens is 235 g/mol. The maximum absolute atomic E-state index is 4.41. The molecule has 1 heterocycles. The number of hydrogen-bond acceptors (Lipinski definition) is 2. The molecule has 0 fully saturated rings. The Bertz CT molecular complexity index is 425. The van der Waals surface area contributed by atoms with E-state index in [1.165, 1.54) is 15.9 Å². The van der Waals surface area contributed by atoms with E-state index in [2.05, 4.69) is 40.8 Å². The number of aromatic nitrogens is 1. The summed E-state index contributed by atoms with van der Waals surface area (Å²) < 4.78 is 6.52. The Labute approximate surface area is 80.2 Å². The van der Waals surface area contributed by atoms with Crippen molar-refractivity contribution in [3.63, 3.8) is 0 Å². The van der Waals surface area contributed by atoms with Crippen LogP contribution in [0, 0.1) is 0 Å². The van der Waals surface area contributed by atoms with Gasteiger partial charge in [0.2, 0.25) is 0 Å². The molecule has 2 nitrogen and oxygen atoms in total. The molecule has 0 amide bonds. The molecule has 0 bridgehead atoms. The monoisotopic (exact) mass is 245 g/mol. The Kier molecular flexibility index (Phi) is 2.13. The van der Waals surface area contributed by atoms with E-state index in [1.54, 1.807) is 0 Å². The summed E-state index contributed by atoms with van der Waals surface area (Å²) in [4.78, 5) is 1.33. The van der Waals surface area contributed by atoms with Gasteiger partial charge in [-0.25, -0.2) is 0 Å². The summed E-state index contributed by atoms with van der Waals surface area (Å²) in [6.07, 6.45) is 0. The van der Waals surface area contributed by atoms with E-state index < -0.39 is 0 Å². The summed E-state index contributed by atoms with van der Waals surface area (Å²) >= 11 is 0.382. The van der Waals surface area contributed by atoms with Gasteiger partial charge < -0.3 is 0 Å². The van der Waals surface area contributed by atoms with Crippen LogP contribution in [-0.2, 0) is 0 Å². The van der Waals surface area contributed by atoms with Gasteiger partial charge in [0, 0.05) is 0 Å². The second-order valence-electron chi connectivity index (χ2n) is 2.80. The van der Waals surface area contributed by atoms with Gasteiger partial charge in [-0.15, -0.1) is 0 Å². The van der Waals surface area contributed by atoms with Crippen LogP contribution in [-0.4, -0.2) is 31.7 Å². The summed E-state index contributed by atoms with van der Waals surface area (Å²) in [6, 6.07) is 6.43. The van der Waals surface area contributed by atoms with Crippen LogP contribution in [0.4, 0.5) is 0 Å². The standard InChI is InChI=1S/C8H9N2SSe/c1-10(2)6-3-4-7-8(5-6)11-12-9-7/h3-5H,1-2H3/q+1. The van der Waals surface area contributed by atoms with Crippen molar-refractivity contribution < 1.29 is 0 Å². The van der Waals surface area contributed by atoms with Crippen molar-refractivity contribution in [2.45, 2.75) is 0 Å². The molecule has 1 aliphatic carbocycles. The van der Waals surface area contributed by atoms with E-state index in [1.807, 2.05) is 9.72 Å². The van der Waals surface area contributed by atoms with Crippen molar-refractivity contribution in [3.05, 3.63) is 23.6 Å². The Morgan fingerprint density at radius 2 is 2.25 bits per heavy atom. The zero-order valence-corrected chi connectivity index (χ0v) is 9.47. The Hall–Kier alpha value is -0.441. The van der Waals surface area contributed by atoms with Gasteiger partial charge in [0.15, 0.2) is 0 Å². The third-order valence-electron chi connectivity index (χ3n) is 1.72. The minimum atomic E-state index is 0.382. The number of hydrogen-bond donors (Lipinski definition) is 0. The zero-order valence-electron chi connectivity index (χ0n) is 6.94. The van der Waals surface area contributed by atoms with E-state index >= 15 is 0 Å². The predicted octanol–water partition coefficient (Wildman–Crippen LogP) is 0.337. The summed E-state index contributed by atoms with van der Waals surface area (Å²) in [5.74, 6) is 0. The minimum absolute atomic E-state index is 0.382. The molecule has 0 spiro atoms. The zero-order chi connectivity index (χ0) is 8.55. The molecule has 2 rings (SSSR count). The quantitative estimate of drug-likeness (QED) is 0.482. The first-order valence-electron chi connectivity index (χ1n) is 3.63. The average molecular weight is 244 g/mol. The number of benzene rings is 1. The molecule has 1 aliphatic heterocycles. The van der Waals surface area contributed by atoms with Crippen molar-refractivity contribution in [1.29, 1.82) is 0 Å². The van der Waals surface area contributed by atoms with Crippen LogP contribution < -0.4 is 9.93 Å². The first kappa shape index (κ1) is 8.17. The molecule has 0 unspecified atom stereocenters. The van der Waals surface area contributed by atoms with Crippen molar-refractivity contribution in [3.8, 4) is 10.6 Å². The molecule has 0 aromatic heterocycles. The fraction of sp³-hybridized carbons (Fsp3) is 0.250. The second kappa shape index (κ2) is 3.13. The maximum atomic E-state index is 4.41. The summed E-state index contributed by atoms with van der Waals surface area (Å²) in [5, 5.41) is 1.26. The number of fused-ring (bicyclic) bond motifs is 1. The van der Waals surface area contributed by atoms with E-state index in [0.29, 0.717) is 13.6 Å². The molecule has 0 atom stereocenters. The van der Waals surface area contributed by atoms with Gasteiger partial charge in [-0.3, -0.25) is 0 Å². The summed E-state index contributed by atoms with van der Waals surface area (Å²) in [5.41, 5.74) is 1.17. The van der Waals surface area contributed by atoms with Gasteiger partial charge in [-0.05, 0) is 0 Å². The molecule has 0 saturated carbocycles.